The van der Waals surface area contributed by atoms with Crippen molar-refractivity contribution in [3.05, 3.63) is 11.6 Å². The third kappa shape index (κ3) is 2.04. The lowest BCUT2D eigenvalue weighted by Gasteiger charge is -2.22. The number of aryl methyl sites for hydroxylation is 1. The second-order valence-corrected chi connectivity index (χ2v) is 4.65. The van der Waals surface area contributed by atoms with Crippen LogP contribution in [0, 0.1) is 6.92 Å². The van der Waals surface area contributed by atoms with Gasteiger partial charge < -0.3 is 10.3 Å². The molecule has 1 aromatic heterocycles. The molecule has 4 heteroatoms. The van der Waals surface area contributed by atoms with Crippen LogP contribution in [0.2, 0.25) is 0 Å². The van der Waals surface area contributed by atoms with Crippen LogP contribution < -0.4 is 5.73 Å². The van der Waals surface area contributed by atoms with Crippen molar-refractivity contribution in [2.24, 2.45) is 5.73 Å². The number of nitrogens with two attached hydrogens (primary N) is 1. The van der Waals surface area contributed by atoms with Gasteiger partial charge in [-0.1, -0.05) is 12.8 Å². The molecule has 1 saturated carbocycles. The molecule has 2 rings (SSSR count). The van der Waals surface area contributed by atoms with Gasteiger partial charge in [-0.3, -0.25) is 0 Å². The first-order chi connectivity index (χ1) is 7.14. The van der Waals surface area contributed by atoms with Crippen molar-refractivity contribution in [2.45, 2.75) is 58.0 Å². The number of hydrogen-bond donors (Lipinski definition) is 1. The molecular weight excluding hydrogens is 188 g/mol. The van der Waals surface area contributed by atoms with Crippen molar-refractivity contribution < 1.29 is 0 Å². The zero-order chi connectivity index (χ0) is 10.9. The first-order valence-electron chi connectivity index (χ1n) is 5.82. The standard InChI is InChI=1S/C11H20N4/c1-3-15-9(2)13-14-10(15)8-11(12)6-4-5-7-11/h3-8,12H2,1-2H3. The Morgan fingerprint density at radius 3 is 2.60 bits per heavy atom. The first kappa shape index (κ1) is 10.6. The molecule has 0 aromatic carbocycles. The minimum absolute atomic E-state index is 0.0214. The van der Waals surface area contributed by atoms with Crippen molar-refractivity contribution in [1.29, 1.82) is 0 Å². The summed E-state index contributed by atoms with van der Waals surface area (Å²) in [5.41, 5.74) is 6.32. The van der Waals surface area contributed by atoms with E-state index < -0.39 is 0 Å². The van der Waals surface area contributed by atoms with Gasteiger partial charge >= 0.3 is 0 Å². The molecule has 0 saturated heterocycles. The monoisotopic (exact) mass is 208 g/mol. The van der Waals surface area contributed by atoms with E-state index in [0.29, 0.717) is 0 Å². The van der Waals surface area contributed by atoms with Gasteiger partial charge in [0, 0.05) is 18.5 Å². The Balaban J connectivity index is 2.16. The van der Waals surface area contributed by atoms with E-state index in [1.165, 1.54) is 12.8 Å². The summed E-state index contributed by atoms with van der Waals surface area (Å²) < 4.78 is 2.16. The van der Waals surface area contributed by atoms with E-state index >= 15 is 0 Å². The highest BCUT2D eigenvalue weighted by atomic mass is 15.3. The van der Waals surface area contributed by atoms with Crippen molar-refractivity contribution >= 4 is 0 Å². The Labute approximate surface area is 90.9 Å². The molecule has 0 spiro atoms. The maximum Gasteiger partial charge on any atom is 0.134 e. The smallest absolute Gasteiger partial charge is 0.134 e. The van der Waals surface area contributed by atoms with E-state index in [0.717, 1.165) is 37.5 Å². The van der Waals surface area contributed by atoms with E-state index in [2.05, 4.69) is 21.7 Å². The number of rotatable bonds is 3. The van der Waals surface area contributed by atoms with Gasteiger partial charge in [0.25, 0.3) is 0 Å². The topological polar surface area (TPSA) is 56.7 Å². The molecule has 0 unspecified atom stereocenters. The number of hydrogen-bond acceptors (Lipinski definition) is 3. The zero-order valence-corrected chi connectivity index (χ0v) is 9.66. The van der Waals surface area contributed by atoms with Gasteiger partial charge in [-0.2, -0.15) is 0 Å². The van der Waals surface area contributed by atoms with E-state index in [9.17, 15) is 0 Å². The summed E-state index contributed by atoms with van der Waals surface area (Å²) in [6, 6.07) is 0. The van der Waals surface area contributed by atoms with Crippen LogP contribution in [0.4, 0.5) is 0 Å². The van der Waals surface area contributed by atoms with Gasteiger partial charge in [0.2, 0.25) is 0 Å². The highest BCUT2D eigenvalue weighted by Crippen LogP contribution is 2.29. The fourth-order valence-electron chi connectivity index (χ4n) is 2.54. The van der Waals surface area contributed by atoms with Gasteiger partial charge in [-0.15, -0.1) is 10.2 Å². The molecule has 4 nitrogen and oxygen atoms in total. The van der Waals surface area contributed by atoms with Gasteiger partial charge in [-0.05, 0) is 26.7 Å². The van der Waals surface area contributed by atoms with Gasteiger partial charge in [0.1, 0.15) is 11.6 Å². The largest absolute Gasteiger partial charge is 0.325 e. The molecule has 1 fully saturated rings. The minimum atomic E-state index is -0.0214. The minimum Gasteiger partial charge on any atom is -0.325 e. The molecule has 1 aliphatic rings. The summed E-state index contributed by atoms with van der Waals surface area (Å²) in [6.07, 6.45) is 5.65. The summed E-state index contributed by atoms with van der Waals surface area (Å²) >= 11 is 0. The molecule has 1 heterocycles. The predicted octanol–water partition coefficient (Wildman–Crippen LogP) is 1.42. The van der Waals surface area contributed by atoms with Gasteiger partial charge in [0.15, 0.2) is 0 Å². The fourth-order valence-corrected chi connectivity index (χ4v) is 2.54. The van der Waals surface area contributed by atoms with Crippen LogP contribution >= 0.6 is 0 Å². The van der Waals surface area contributed by atoms with Crippen molar-refractivity contribution in [2.75, 3.05) is 0 Å². The summed E-state index contributed by atoms with van der Waals surface area (Å²) in [6.45, 7) is 5.06. The molecule has 2 N–H and O–H groups in total. The highest BCUT2D eigenvalue weighted by Gasteiger charge is 2.31. The van der Waals surface area contributed by atoms with E-state index in [4.69, 9.17) is 5.73 Å². The van der Waals surface area contributed by atoms with Crippen LogP contribution in [0.1, 0.15) is 44.3 Å². The molecule has 0 atom stereocenters. The lowest BCUT2D eigenvalue weighted by Crippen LogP contribution is -2.39. The molecule has 1 aliphatic carbocycles. The molecule has 0 amide bonds. The third-order valence-electron chi connectivity index (χ3n) is 3.44. The summed E-state index contributed by atoms with van der Waals surface area (Å²) in [7, 11) is 0. The summed E-state index contributed by atoms with van der Waals surface area (Å²) in [4.78, 5) is 0. The molecule has 0 radical (unpaired) electrons. The van der Waals surface area contributed by atoms with Crippen LogP contribution in [-0.2, 0) is 13.0 Å². The average molecular weight is 208 g/mol. The Hall–Kier alpha value is -0.900. The molecule has 0 bridgehead atoms. The Morgan fingerprint density at radius 2 is 2.00 bits per heavy atom. The van der Waals surface area contributed by atoms with Crippen LogP contribution in [0.15, 0.2) is 0 Å². The first-order valence-corrected chi connectivity index (χ1v) is 5.82. The van der Waals surface area contributed by atoms with E-state index in [1.54, 1.807) is 0 Å². The van der Waals surface area contributed by atoms with Gasteiger partial charge in [-0.25, -0.2) is 0 Å². The number of aromatic nitrogens is 3. The van der Waals surface area contributed by atoms with Crippen molar-refractivity contribution in [1.82, 2.24) is 14.8 Å². The summed E-state index contributed by atoms with van der Waals surface area (Å²) in [5, 5.41) is 8.35. The maximum absolute atomic E-state index is 6.34. The Kier molecular flexibility index (Phi) is 2.78. The quantitative estimate of drug-likeness (QED) is 0.817. The second kappa shape index (κ2) is 3.93. The van der Waals surface area contributed by atoms with E-state index in [-0.39, 0.29) is 5.54 Å². The Bertz CT molecular complexity index is 336. The maximum atomic E-state index is 6.34. The Morgan fingerprint density at radius 1 is 1.33 bits per heavy atom. The van der Waals surface area contributed by atoms with Gasteiger partial charge in [0.05, 0.1) is 0 Å². The molecule has 84 valence electrons. The zero-order valence-electron chi connectivity index (χ0n) is 9.66. The van der Waals surface area contributed by atoms with Crippen LogP contribution in [-0.4, -0.2) is 20.3 Å². The summed E-state index contributed by atoms with van der Waals surface area (Å²) in [5.74, 6) is 2.05. The van der Waals surface area contributed by atoms with Crippen molar-refractivity contribution in [3.63, 3.8) is 0 Å². The van der Waals surface area contributed by atoms with Crippen LogP contribution in [0.5, 0.6) is 0 Å². The van der Waals surface area contributed by atoms with E-state index in [1.807, 2.05) is 6.92 Å². The molecule has 15 heavy (non-hydrogen) atoms. The second-order valence-electron chi connectivity index (χ2n) is 4.65. The SMILES string of the molecule is CCn1c(C)nnc1CC1(N)CCCC1. The average Bonchev–Trinajstić information content (AvgIpc) is 2.75. The lowest BCUT2D eigenvalue weighted by molar-refractivity contribution is 0.417. The molecular formula is C11H20N4. The highest BCUT2D eigenvalue weighted by molar-refractivity contribution is 5.03. The van der Waals surface area contributed by atoms with Crippen LogP contribution in [0.25, 0.3) is 0 Å². The van der Waals surface area contributed by atoms with Crippen molar-refractivity contribution in [3.8, 4) is 0 Å². The third-order valence-corrected chi connectivity index (χ3v) is 3.44. The predicted molar refractivity (Wildman–Crippen MR) is 59.5 cm³/mol. The fraction of sp³-hybridized carbons (Fsp3) is 0.818. The lowest BCUT2D eigenvalue weighted by atomic mass is 9.94. The normalized spacial score (nSPS) is 19.7. The molecule has 1 aromatic rings. The molecule has 0 aliphatic heterocycles. The number of nitrogens with zero attached hydrogens (tertiary/aromatic N) is 3. The van der Waals surface area contributed by atoms with Crippen LogP contribution in [0.3, 0.4) is 0 Å².